The van der Waals surface area contributed by atoms with Gasteiger partial charge in [0.15, 0.2) is 5.96 Å². The van der Waals surface area contributed by atoms with Gasteiger partial charge in [-0.25, -0.2) is 4.98 Å². The molecule has 0 saturated carbocycles. The largest absolute Gasteiger partial charge is 0.444 e. The maximum Gasteiger partial charge on any atom is 0.226 e. The number of benzene rings is 2. The van der Waals surface area contributed by atoms with Gasteiger partial charge >= 0.3 is 0 Å². The van der Waals surface area contributed by atoms with Gasteiger partial charge in [0.25, 0.3) is 0 Å². The number of hydrogen-bond acceptors (Lipinski definition) is 4. The summed E-state index contributed by atoms with van der Waals surface area (Å²) in [7, 11) is 5.92. The van der Waals surface area contributed by atoms with Crippen LogP contribution in [0.2, 0.25) is 0 Å². The number of oxazole rings is 1. The SMILES string of the molecule is CN=C(NCc1coc(-c2ccccc2)n1)NCC(c1ccccc1)N(C)C.I. The van der Waals surface area contributed by atoms with Crippen LogP contribution >= 0.6 is 24.0 Å². The third kappa shape index (κ3) is 6.57. The molecule has 7 heteroatoms. The Hall–Kier alpha value is -2.39. The summed E-state index contributed by atoms with van der Waals surface area (Å²) in [5.74, 6) is 1.35. The number of nitrogens with zero attached hydrogens (tertiary/aromatic N) is 3. The van der Waals surface area contributed by atoms with Crippen molar-refractivity contribution in [2.45, 2.75) is 12.6 Å². The van der Waals surface area contributed by atoms with Gasteiger partial charge in [-0.15, -0.1) is 24.0 Å². The van der Waals surface area contributed by atoms with Gasteiger partial charge in [0, 0.05) is 19.2 Å². The fraction of sp³-hybridized carbons (Fsp3) is 0.273. The van der Waals surface area contributed by atoms with Crippen LogP contribution in [0.1, 0.15) is 17.3 Å². The van der Waals surface area contributed by atoms with E-state index in [9.17, 15) is 0 Å². The fourth-order valence-corrected chi connectivity index (χ4v) is 2.96. The summed E-state index contributed by atoms with van der Waals surface area (Å²) in [5.41, 5.74) is 3.06. The Kier molecular flexibility index (Phi) is 9.14. The third-order valence-electron chi connectivity index (χ3n) is 4.50. The number of halogens is 1. The van der Waals surface area contributed by atoms with E-state index in [0.717, 1.165) is 23.8 Å². The molecular formula is C22H28IN5O. The van der Waals surface area contributed by atoms with E-state index in [2.05, 4.69) is 63.9 Å². The van der Waals surface area contributed by atoms with Crippen molar-refractivity contribution in [1.82, 2.24) is 20.5 Å². The molecule has 0 aliphatic rings. The highest BCUT2D eigenvalue weighted by atomic mass is 127. The third-order valence-corrected chi connectivity index (χ3v) is 4.50. The van der Waals surface area contributed by atoms with E-state index < -0.39 is 0 Å². The van der Waals surface area contributed by atoms with Crippen molar-refractivity contribution in [3.8, 4) is 11.5 Å². The van der Waals surface area contributed by atoms with Gasteiger partial charge < -0.3 is 20.0 Å². The summed E-state index contributed by atoms with van der Waals surface area (Å²) in [6.45, 7) is 1.28. The van der Waals surface area contributed by atoms with Crippen LogP contribution in [-0.4, -0.2) is 43.5 Å². The number of nitrogens with one attached hydrogen (secondary N) is 2. The molecule has 0 fully saturated rings. The van der Waals surface area contributed by atoms with Gasteiger partial charge in [0.1, 0.15) is 6.26 Å². The lowest BCUT2D eigenvalue weighted by Crippen LogP contribution is -2.41. The van der Waals surface area contributed by atoms with Crippen molar-refractivity contribution >= 4 is 29.9 Å². The first-order valence-electron chi connectivity index (χ1n) is 9.33. The zero-order chi connectivity index (χ0) is 19.8. The highest BCUT2D eigenvalue weighted by Crippen LogP contribution is 2.18. The molecule has 3 rings (SSSR count). The molecule has 0 radical (unpaired) electrons. The van der Waals surface area contributed by atoms with Crippen LogP contribution in [0.15, 0.2) is 76.3 Å². The Morgan fingerprint density at radius 3 is 2.31 bits per heavy atom. The highest BCUT2D eigenvalue weighted by Gasteiger charge is 2.14. The van der Waals surface area contributed by atoms with Crippen LogP contribution in [-0.2, 0) is 6.54 Å². The van der Waals surface area contributed by atoms with E-state index in [-0.39, 0.29) is 30.0 Å². The van der Waals surface area contributed by atoms with Crippen LogP contribution < -0.4 is 10.6 Å². The summed E-state index contributed by atoms with van der Waals surface area (Å²) in [5, 5.41) is 6.69. The number of hydrogen-bond donors (Lipinski definition) is 2. The van der Waals surface area contributed by atoms with Gasteiger partial charge in [-0.1, -0.05) is 48.5 Å². The second kappa shape index (κ2) is 11.6. The predicted octanol–water partition coefficient (Wildman–Crippen LogP) is 3.93. The zero-order valence-electron chi connectivity index (χ0n) is 17.0. The molecule has 154 valence electrons. The summed E-state index contributed by atoms with van der Waals surface area (Å²) < 4.78 is 5.59. The van der Waals surface area contributed by atoms with Crippen LogP contribution in [0.4, 0.5) is 0 Å². The van der Waals surface area contributed by atoms with E-state index in [0.29, 0.717) is 12.4 Å². The van der Waals surface area contributed by atoms with Crippen LogP contribution in [0.25, 0.3) is 11.5 Å². The predicted molar refractivity (Wildman–Crippen MR) is 128 cm³/mol. The molecule has 1 unspecified atom stereocenters. The Balaban J connectivity index is 0.00000300. The van der Waals surface area contributed by atoms with E-state index in [1.807, 2.05) is 36.4 Å². The maximum atomic E-state index is 5.59. The van der Waals surface area contributed by atoms with Crippen molar-refractivity contribution < 1.29 is 4.42 Å². The van der Waals surface area contributed by atoms with Crippen molar-refractivity contribution in [3.05, 3.63) is 78.2 Å². The van der Waals surface area contributed by atoms with Crippen molar-refractivity contribution in [3.63, 3.8) is 0 Å². The molecule has 1 aromatic heterocycles. The van der Waals surface area contributed by atoms with Gasteiger partial charge in [-0.2, -0.15) is 0 Å². The minimum atomic E-state index is 0. The van der Waals surface area contributed by atoms with Gasteiger partial charge in [-0.3, -0.25) is 4.99 Å². The molecule has 0 aliphatic heterocycles. The minimum absolute atomic E-state index is 0. The molecule has 6 nitrogen and oxygen atoms in total. The lowest BCUT2D eigenvalue weighted by atomic mass is 10.1. The number of aliphatic imine (C=N–C) groups is 1. The zero-order valence-corrected chi connectivity index (χ0v) is 19.3. The minimum Gasteiger partial charge on any atom is -0.444 e. The average molecular weight is 505 g/mol. The molecule has 2 aromatic carbocycles. The van der Waals surface area contributed by atoms with Crippen LogP contribution in [0.5, 0.6) is 0 Å². The first kappa shape index (κ1) is 22.9. The summed E-state index contributed by atoms with van der Waals surface area (Å²) in [6.07, 6.45) is 1.68. The Labute approximate surface area is 189 Å². The Bertz CT molecular complexity index is 880. The van der Waals surface area contributed by atoms with E-state index in [1.54, 1.807) is 13.3 Å². The first-order valence-corrected chi connectivity index (χ1v) is 9.33. The molecule has 29 heavy (non-hydrogen) atoms. The first-order chi connectivity index (χ1) is 13.7. The number of guanidine groups is 1. The molecule has 0 saturated heterocycles. The quantitative estimate of drug-likeness (QED) is 0.290. The molecule has 0 bridgehead atoms. The van der Waals surface area contributed by atoms with E-state index in [1.165, 1.54) is 5.56 Å². The molecule has 0 amide bonds. The lowest BCUT2D eigenvalue weighted by Gasteiger charge is -2.26. The lowest BCUT2D eigenvalue weighted by molar-refractivity contribution is 0.298. The standard InChI is InChI=1S/C22H27N5O.HI/c1-23-22(25-15-20(27(2)3)17-10-6-4-7-11-17)24-14-19-16-28-21(26-19)18-12-8-5-9-13-18;/h4-13,16,20H,14-15H2,1-3H3,(H2,23,24,25);1H. The van der Waals surface area contributed by atoms with Gasteiger partial charge in [0.05, 0.1) is 18.3 Å². The van der Waals surface area contributed by atoms with E-state index in [4.69, 9.17) is 4.42 Å². The molecule has 1 atom stereocenters. The van der Waals surface area contributed by atoms with Gasteiger partial charge in [-0.05, 0) is 31.8 Å². The number of likely N-dealkylation sites (N-methyl/N-ethyl adjacent to an activating group) is 1. The summed E-state index contributed by atoms with van der Waals surface area (Å²) in [6, 6.07) is 20.6. The Morgan fingerprint density at radius 1 is 1.03 bits per heavy atom. The van der Waals surface area contributed by atoms with Crippen LogP contribution in [0.3, 0.4) is 0 Å². The average Bonchev–Trinajstić information content (AvgIpc) is 3.21. The molecular weight excluding hydrogens is 477 g/mol. The second-order valence-electron chi connectivity index (χ2n) is 6.71. The summed E-state index contributed by atoms with van der Waals surface area (Å²) >= 11 is 0. The van der Waals surface area contributed by atoms with Crippen molar-refractivity contribution in [2.24, 2.45) is 4.99 Å². The number of rotatable bonds is 7. The number of aromatic nitrogens is 1. The van der Waals surface area contributed by atoms with Crippen LogP contribution in [0, 0.1) is 0 Å². The molecule has 0 spiro atoms. The monoisotopic (exact) mass is 505 g/mol. The highest BCUT2D eigenvalue weighted by molar-refractivity contribution is 14.0. The topological polar surface area (TPSA) is 65.7 Å². The molecule has 0 aliphatic carbocycles. The van der Waals surface area contributed by atoms with Crippen molar-refractivity contribution in [2.75, 3.05) is 27.7 Å². The fourth-order valence-electron chi connectivity index (χ4n) is 2.96. The van der Waals surface area contributed by atoms with Gasteiger partial charge in [0.2, 0.25) is 5.89 Å². The van der Waals surface area contributed by atoms with E-state index >= 15 is 0 Å². The molecule has 3 aromatic rings. The summed E-state index contributed by atoms with van der Waals surface area (Å²) in [4.78, 5) is 11.0. The maximum absolute atomic E-state index is 5.59. The second-order valence-corrected chi connectivity index (χ2v) is 6.71. The smallest absolute Gasteiger partial charge is 0.226 e. The normalized spacial score (nSPS) is 12.3. The van der Waals surface area contributed by atoms with Crippen molar-refractivity contribution in [1.29, 1.82) is 0 Å². The molecule has 1 heterocycles. The molecule has 2 N–H and O–H groups in total. The Morgan fingerprint density at radius 2 is 1.69 bits per heavy atom.